The van der Waals surface area contributed by atoms with Crippen LogP contribution in [0.5, 0.6) is 0 Å². The molecule has 2 aliphatic rings. The van der Waals surface area contributed by atoms with Crippen LogP contribution in [0.2, 0.25) is 0 Å². The van der Waals surface area contributed by atoms with Crippen LogP contribution in [0.1, 0.15) is 36.2 Å². The van der Waals surface area contributed by atoms with Gasteiger partial charge in [-0.05, 0) is 31.5 Å². The molecule has 0 bridgehead atoms. The topological polar surface area (TPSA) is 74.5 Å². The Labute approximate surface area is 147 Å². The Morgan fingerprint density at radius 2 is 2.20 bits per heavy atom. The standard InChI is InChI=1S/C18H23N5O2/c1-22-10-9-19-11-15(22)18-20-16(25-21-18)12-23-14-7-3-2-5-13(14)6-4-8-17(23)24/h2-3,5,7,15,19H,4,6,8-12H2,1H3. The molecule has 0 aliphatic carbocycles. The molecular weight excluding hydrogens is 318 g/mol. The van der Waals surface area contributed by atoms with E-state index in [1.165, 1.54) is 5.56 Å². The van der Waals surface area contributed by atoms with Crippen molar-refractivity contribution in [3.8, 4) is 0 Å². The Hall–Kier alpha value is -2.25. The van der Waals surface area contributed by atoms with E-state index in [1.807, 2.05) is 18.2 Å². The summed E-state index contributed by atoms with van der Waals surface area (Å²) in [5.74, 6) is 1.28. The quantitative estimate of drug-likeness (QED) is 0.912. The average molecular weight is 341 g/mol. The molecule has 1 atom stereocenters. The molecule has 2 aromatic rings. The highest BCUT2D eigenvalue weighted by molar-refractivity contribution is 5.94. The number of likely N-dealkylation sites (N-methyl/N-ethyl adjacent to an activating group) is 1. The molecule has 7 heteroatoms. The third-order valence-corrected chi connectivity index (χ3v) is 5.01. The van der Waals surface area contributed by atoms with E-state index in [9.17, 15) is 4.79 Å². The second-order valence-corrected chi connectivity index (χ2v) is 6.71. The number of anilines is 1. The smallest absolute Gasteiger partial charge is 0.246 e. The molecule has 1 N–H and O–H groups in total. The molecule has 4 rings (SSSR count). The zero-order valence-corrected chi connectivity index (χ0v) is 14.4. The van der Waals surface area contributed by atoms with Gasteiger partial charge in [-0.2, -0.15) is 4.98 Å². The van der Waals surface area contributed by atoms with E-state index in [0.717, 1.165) is 38.2 Å². The summed E-state index contributed by atoms with van der Waals surface area (Å²) in [7, 11) is 2.07. The molecule has 2 aliphatic heterocycles. The minimum Gasteiger partial charge on any atom is -0.337 e. The Bertz CT molecular complexity index is 759. The second-order valence-electron chi connectivity index (χ2n) is 6.71. The number of rotatable bonds is 3. The van der Waals surface area contributed by atoms with E-state index in [1.54, 1.807) is 4.90 Å². The van der Waals surface area contributed by atoms with Gasteiger partial charge in [-0.25, -0.2) is 0 Å². The number of hydrogen-bond donors (Lipinski definition) is 1. The van der Waals surface area contributed by atoms with Crippen LogP contribution in [0.4, 0.5) is 5.69 Å². The van der Waals surface area contributed by atoms with E-state index in [4.69, 9.17) is 4.52 Å². The molecule has 1 aromatic carbocycles. The molecule has 0 spiro atoms. The summed E-state index contributed by atoms with van der Waals surface area (Å²) < 4.78 is 5.46. The molecule has 0 saturated carbocycles. The minimum absolute atomic E-state index is 0.110. The van der Waals surface area contributed by atoms with Gasteiger partial charge in [0.1, 0.15) is 6.54 Å². The van der Waals surface area contributed by atoms with Gasteiger partial charge in [0, 0.05) is 31.7 Å². The Balaban J connectivity index is 1.56. The summed E-state index contributed by atoms with van der Waals surface area (Å²) in [4.78, 5) is 21.1. The molecular formula is C18H23N5O2. The molecule has 1 saturated heterocycles. The number of nitrogens with zero attached hydrogens (tertiary/aromatic N) is 4. The number of piperazine rings is 1. The molecule has 1 aromatic heterocycles. The number of amides is 1. The number of benzene rings is 1. The SMILES string of the molecule is CN1CCNCC1c1noc(CN2C(=O)CCCc3ccccc32)n1. The fraction of sp³-hybridized carbons (Fsp3) is 0.500. The summed E-state index contributed by atoms with van der Waals surface area (Å²) in [6.45, 7) is 3.05. The Morgan fingerprint density at radius 3 is 3.08 bits per heavy atom. The van der Waals surface area contributed by atoms with Gasteiger partial charge in [0.25, 0.3) is 0 Å². The molecule has 1 amide bonds. The minimum atomic E-state index is 0.110. The van der Waals surface area contributed by atoms with Crippen LogP contribution >= 0.6 is 0 Å². The fourth-order valence-electron chi connectivity index (χ4n) is 3.56. The van der Waals surface area contributed by atoms with Crippen LogP contribution in [0, 0.1) is 0 Å². The summed E-state index contributed by atoms with van der Waals surface area (Å²) in [6.07, 6.45) is 2.34. The maximum Gasteiger partial charge on any atom is 0.246 e. The first-order valence-electron chi connectivity index (χ1n) is 8.84. The van der Waals surface area contributed by atoms with Crippen LogP contribution in [0.25, 0.3) is 0 Å². The summed E-state index contributed by atoms with van der Waals surface area (Å²) >= 11 is 0. The van der Waals surface area contributed by atoms with Crippen molar-refractivity contribution in [2.45, 2.75) is 31.8 Å². The monoisotopic (exact) mass is 341 g/mol. The van der Waals surface area contributed by atoms with E-state index in [0.29, 0.717) is 24.7 Å². The number of hydrogen-bond acceptors (Lipinski definition) is 6. The summed E-state index contributed by atoms with van der Waals surface area (Å²) in [5.41, 5.74) is 2.16. The molecule has 7 nitrogen and oxygen atoms in total. The molecule has 1 unspecified atom stereocenters. The third-order valence-electron chi connectivity index (χ3n) is 5.01. The van der Waals surface area contributed by atoms with E-state index in [-0.39, 0.29) is 11.9 Å². The number of para-hydroxylation sites is 1. The van der Waals surface area contributed by atoms with Gasteiger partial charge < -0.3 is 14.7 Å². The van der Waals surface area contributed by atoms with Gasteiger partial charge in [-0.15, -0.1) is 0 Å². The molecule has 25 heavy (non-hydrogen) atoms. The number of nitrogens with one attached hydrogen (secondary N) is 1. The van der Waals surface area contributed by atoms with Crippen LogP contribution in [-0.2, 0) is 17.8 Å². The van der Waals surface area contributed by atoms with Crippen molar-refractivity contribution in [1.82, 2.24) is 20.4 Å². The maximum atomic E-state index is 12.6. The Morgan fingerprint density at radius 1 is 1.32 bits per heavy atom. The van der Waals surface area contributed by atoms with Crippen molar-refractivity contribution < 1.29 is 9.32 Å². The van der Waals surface area contributed by atoms with Gasteiger partial charge in [0.15, 0.2) is 5.82 Å². The van der Waals surface area contributed by atoms with Crippen molar-refractivity contribution in [1.29, 1.82) is 0 Å². The van der Waals surface area contributed by atoms with Crippen LogP contribution in [0.3, 0.4) is 0 Å². The van der Waals surface area contributed by atoms with Gasteiger partial charge in [-0.3, -0.25) is 9.69 Å². The van der Waals surface area contributed by atoms with Gasteiger partial charge in [0.2, 0.25) is 11.8 Å². The van der Waals surface area contributed by atoms with Gasteiger partial charge in [-0.1, -0.05) is 23.4 Å². The number of carbonyl (C=O) groups excluding carboxylic acids is 1. The highest BCUT2D eigenvalue weighted by Gasteiger charge is 2.27. The zero-order valence-electron chi connectivity index (χ0n) is 14.4. The van der Waals surface area contributed by atoms with Crippen LogP contribution < -0.4 is 10.2 Å². The first-order chi connectivity index (χ1) is 12.2. The lowest BCUT2D eigenvalue weighted by molar-refractivity contribution is -0.118. The normalized spacial score (nSPS) is 21.9. The van der Waals surface area contributed by atoms with Crippen molar-refractivity contribution >= 4 is 11.6 Å². The summed E-state index contributed by atoms with van der Waals surface area (Å²) in [5, 5.41) is 7.51. The first-order valence-corrected chi connectivity index (χ1v) is 8.84. The fourth-order valence-corrected chi connectivity index (χ4v) is 3.56. The number of aromatic nitrogens is 2. The lowest BCUT2D eigenvalue weighted by atomic mass is 10.1. The maximum absolute atomic E-state index is 12.6. The highest BCUT2D eigenvalue weighted by atomic mass is 16.5. The average Bonchev–Trinajstić information content (AvgIpc) is 3.02. The van der Waals surface area contributed by atoms with Crippen molar-refractivity contribution in [2.24, 2.45) is 0 Å². The van der Waals surface area contributed by atoms with Gasteiger partial charge >= 0.3 is 0 Å². The molecule has 1 fully saturated rings. The van der Waals surface area contributed by atoms with E-state index >= 15 is 0 Å². The number of carbonyl (C=O) groups is 1. The highest BCUT2D eigenvalue weighted by Crippen LogP contribution is 2.28. The summed E-state index contributed by atoms with van der Waals surface area (Å²) in [6, 6.07) is 8.17. The van der Waals surface area contributed by atoms with Gasteiger partial charge in [0.05, 0.1) is 6.04 Å². The van der Waals surface area contributed by atoms with Crippen molar-refractivity contribution in [3.05, 3.63) is 41.5 Å². The number of fused-ring (bicyclic) bond motifs is 1. The van der Waals surface area contributed by atoms with Crippen LogP contribution in [0.15, 0.2) is 28.8 Å². The first kappa shape index (κ1) is 16.2. The zero-order chi connectivity index (χ0) is 17.2. The van der Waals surface area contributed by atoms with Crippen molar-refractivity contribution in [2.75, 3.05) is 31.6 Å². The predicted octanol–water partition coefficient (Wildman–Crippen LogP) is 1.52. The molecule has 132 valence electrons. The van der Waals surface area contributed by atoms with E-state index in [2.05, 4.69) is 33.5 Å². The lowest BCUT2D eigenvalue weighted by Crippen LogP contribution is -2.44. The number of aryl methyl sites for hydroxylation is 1. The van der Waals surface area contributed by atoms with E-state index < -0.39 is 0 Å². The lowest BCUT2D eigenvalue weighted by Gasteiger charge is -2.30. The second kappa shape index (κ2) is 6.93. The third kappa shape index (κ3) is 3.29. The van der Waals surface area contributed by atoms with Crippen LogP contribution in [-0.4, -0.2) is 47.6 Å². The largest absolute Gasteiger partial charge is 0.337 e. The predicted molar refractivity (Wildman–Crippen MR) is 93.1 cm³/mol. The van der Waals surface area contributed by atoms with Crippen molar-refractivity contribution in [3.63, 3.8) is 0 Å². The molecule has 3 heterocycles. The molecule has 0 radical (unpaired) electrons. The Kier molecular flexibility index (Phi) is 4.50.